The lowest BCUT2D eigenvalue weighted by Gasteiger charge is -2.15. The van der Waals surface area contributed by atoms with E-state index in [1.54, 1.807) is 7.05 Å². The van der Waals surface area contributed by atoms with Gasteiger partial charge in [-0.1, -0.05) is 20.3 Å². The smallest absolute Gasteiger partial charge is 0.271 e. The van der Waals surface area contributed by atoms with E-state index in [1.165, 1.54) is 4.68 Å². The third kappa shape index (κ3) is 3.96. The van der Waals surface area contributed by atoms with Crippen LogP contribution in [-0.4, -0.2) is 33.9 Å². The zero-order valence-corrected chi connectivity index (χ0v) is 12.6. The molecule has 0 spiro atoms. The van der Waals surface area contributed by atoms with Gasteiger partial charge in [-0.3, -0.25) is 9.48 Å². The first-order valence-corrected chi connectivity index (χ1v) is 7.25. The minimum atomic E-state index is -0.198. The van der Waals surface area contributed by atoms with E-state index in [1.807, 2.05) is 6.92 Å². The normalized spacial score (nSPS) is 12.4. The summed E-state index contributed by atoms with van der Waals surface area (Å²) in [6.07, 6.45) is 3.43. The largest absolute Gasteiger partial charge is 0.396 e. The Labute approximate surface area is 120 Å². The van der Waals surface area contributed by atoms with Crippen LogP contribution in [0.2, 0.25) is 0 Å². The van der Waals surface area contributed by atoms with Crippen LogP contribution in [0.5, 0.6) is 0 Å². The van der Waals surface area contributed by atoms with Gasteiger partial charge in [0.1, 0.15) is 5.69 Å². The second kappa shape index (κ2) is 7.89. The molecule has 0 radical (unpaired) electrons. The average molecular weight is 282 g/mol. The summed E-state index contributed by atoms with van der Waals surface area (Å²) < 4.78 is 1.53. The highest BCUT2D eigenvalue weighted by Crippen LogP contribution is 2.17. The fourth-order valence-corrected chi connectivity index (χ4v) is 2.39. The molecule has 20 heavy (non-hydrogen) atoms. The molecule has 0 aromatic carbocycles. The van der Waals surface area contributed by atoms with Gasteiger partial charge in [0, 0.05) is 20.2 Å². The molecule has 4 N–H and O–H groups in total. The monoisotopic (exact) mass is 282 g/mol. The zero-order valence-electron chi connectivity index (χ0n) is 12.6. The molecule has 0 saturated heterocycles. The molecule has 1 rings (SSSR count). The number of nitrogen functional groups attached to an aromatic ring is 1. The highest BCUT2D eigenvalue weighted by atomic mass is 16.3. The summed E-state index contributed by atoms with van der Waals surface area (Å²) in [5.74, 6) is 0.102. The highest BCUT2D eigenvalue weighted by molar-refractivity contribution is 5.97. The van der Waals surface area contributed by atoms with Gasteiger partial charge in [-0.2, -0.15) is 5.10 Å². The molecule has 6 heteroatoms. The summed E-state index contributed by atoms with van der Waals surface area (Å²) in [6.45, 7) is 4.76. The molecular weight excluding hydrogens is 256 g/mol. The van der Waals surface area contributed by atoms with Crippen molar-refractivity contribution in [3.05, 3.63) is 11.4 Å². The van der Waals surface area contributed by atoms with Crippen molar-refractivity contribution in [3.63, 3.8) is 0 Å². The average Bonchev–Trinajstić information content (AvgIpc) is 2.71. The summed E-state index contributed by atoms with van der Waals surface area (Å²) in [4.78, 5) is 12.2. The van der Waals surface area contributed by atoms with Crippen molar-refractivity contribution in [2.45, 2.75) is 39.5 Å². The number of hydrogen-bond donors (Lipinski definition) is 3. The number of nitrogens with two attached hydrogens (primary N) is 1. The van der Waals surface area contributed by atoms with Crippen LogP contribution in [0.1, 0.15) is 49.3 Å². The topological polar surface area (TPSA) is 93.2 Å². The van der Waals surface area contributed by atoms with Gasteiger partial charge < -0.3 is 16.2 Å². The molecule has 0 aliphatic heterocycles. The first-order chi connectivity index (χ1) is 9.54. The number of nitrogens with zero attached hydrogens (tertiary/aromatic N) is 2. The number of rotatable bonds is 8. The molecule has 0 bridgehead atoms. The lowest BCUT2D eigenvalue weighted by molar-refractivity contribution is 0.0934. The summed E-state index contributed by atoms with van der Waals surface area (Å²) in [5, 5.41) is 16.2. The standard InChI is InChI=1S/C14H26N4O2/c1-4-6-10(7-8-19)9-16-14(20)13-12(15)11(5-2)17-18(13)3/h10,19H,4-9,15H2,1-3H3,(H,16,20). The maximum absolute atomic E-state index is 12.2. The second-order valence-corrected chi connectivity index (χ2v) is 5.06. The Morgan fingerprint density at radius 2 is 2.15 bits per heavy atom. The van der Waals surface area contributed by atoms with E-state index in [-0.39, 0.29) is 12.5 Å². The van der Waals surface area contributed by atoms with E-state index >= 15 is 0 Å². The quantitative estimate of drug-likeness (QED) is 0.665. The molecule has 1 aromatic rings. The van der Waals surface area contributed by atoms with Crippen molar-refractivity contribution in [2.75, 3.05) is 18.9 Å². The third-order valence-electron chi connectivity index (χ3n) is 3.50. The van der Waals surface area contributed by atoms with Gasteiger partial charge >= 0.3 is 0 Å². The molecule has 0 saturated carbocycles. The number of hydrogen-bond acceptors (Lipinski definition) is 4. The fraction of sp³-hybridized carbons (Fsp3) is 0.714. The molecular formula is C14H26N4O2. The summed E-state index contributed by atoms with van der Waals surface area (Å²) in [7, 11) is 1.72. The maximum Gasteiger partial charge on any atom is 0.271 e. The Morgan fingerprint density at radius 1 is 1.45 bits per heavy atom. The van der Waals surface area contributed by atoms with E-state index in [2.05, 4.69) is 17.3 Å². The van der Waals surface area contributed by atoms with Crippen molar-refractivity contribution in [1.82, 2.24) is 15.1 Å². The Morgan fingerprint density at radius 3 is 2.65 bits per heavy atom. The van der Waals surface area contributed by atoms with E-state index in [0.717, 1.165) is 18.5 Å². The van der Waals surface area contributed by atoms with Crippen LogP contribution in [-0.2, 0) is 13.5 Å². The molecule has 6 nitrogen and oxygen atoms in total. The van der Waals surface area contributed by atoms with Crippen LogP contribution >= 0.6 is 0 Å². The number of nitrogens with one attached hydrogen (secondary N) is 1. The summed E-state index contributed by atoms with van der Waals surface area (Å²) in [6, 6.07) is 0. The van der Waals surface area contributed by atoms with Crippen LogP contribution in [0.25, 0.3) is 0 Å². The summed E-state index contributed by atoms with van der Waals surface area (Å²) >= 11 is 0. The van der Waals surface area contributed by atoms with Crippen molar-refractivity contribution in [1.29, 1.82) is 0 Å². The van der Waals surface area contributed by atoms with Crippen LogP contribution in [0.15, 0.2) is 0 Å². The van der Waals surface area contributed by atoms with Gasteiger partial charge in [0.2, 0.25) is 0 Å². The van der Waals surface area contributed by atoms with E-state index < -0.39 is 0 Å². The molecule has 0 aliphatic rings. The van der Waals surface area contributed by atoms with E-state index in [0.29, 0.717) is 36.7 Å². The summed E-state index contributed by atoms with van der Waals surface area (Å²) in [5.41, 5.74) is 7.58. The molecule has 1 atom stereocenters. The number of carbonyl (C=O) groups excluding carboxylic acids is 1. The first-order valence-electron chi connectivity index (χ1n) is 7.25. The minimum absolute atomic E-state index is 0.147. The second-order valence-electron chi connectivity index (χ2n) is 5.06. The van der Waals surface area contributed by atoms with Crippen LogP contribution in [0.4, 0.5) is 5.69 Å². The highest BCUT2D eigenvalue weighted by Gasteiger charge is 2.19. The molecule has 1 aromatic heterocycles. The third-order valence-corrected chi connectivity index (χ3v) is 3.50. The number of aliphatic hydroxyl groups excluding tert-OH is 1. The predicted molar refractivity (Wildman–Crippen MR) is 79.4 cm³/mol. The minimum Gasteiger partial charge on any atom is -0.396 e. The molecule has 0 fully saturated rings. The van der Waals surface area contributed by atoms with Gasteiger partial charge in [0.15, 0.2) is 0 Å². The van der Waals surface area contributed by atoms with E-state index in [9.17, 15) is 4.79 Å². The SMILES string of the molecule is CCCC(CCO)CNC(=O)c1c(N)c(CC)nn1C. The fourth-order valence-electron chi connectivity index (χ4n) is 2.39. The van der Waals surface area contributed by atoms with Crippen LogP contribution in [0, 0.1) is 5.92 Å². The van der Waals surface area contributed by atoms with Crippen LogP contribution in [0.3, 0.4) is 0 Å². The lowest BCUT2D eigenvalue weighted by atomic mass is 10.0. The Bertz CT molecular complexity index is 437. The number of aromatic nitrogens is 2. The van der Waals surface area contributed by atoms with Crippen molar-refractivity contribution in [2.24, 2.45) is 13.0 Å². The molecule has 1 amide bonds. The first kappa shape index (κ1) is 16.5. The Balaban J connectivity index is 2.69. The van der Waals surface area contributed by atoms with Crippen molar-refractivity contribution in [3.8, 4) is 0 Å². The van der Waals surface area contributed by atoms with Gasteiger partial charge in [0.25, 0.3) is 5.91 Å². The number of aliphatic hydroxyl groups is 1. The molecule has 1 heterocycles. The van der Waals surface area contributed by atoms with Gasteiger partial charge in [-0.05, 0) is 25.2 Å². The van der Waals surface area contributed by atoms with Gasteiger partial charge in [-0.25, -0.2) is 0 Å². The maximum atomic E-state index is 12.2. The number of carbonyl (C=O) groups is 1. The van der Waals surface area contributed by atoms with Crippen molar-refractivity contribution < 1.29 is 9.90 Å². The van der Waals surface area contributed by atoms with E-state index in [4.69, 9.17) is 10.8 Å². The zero-order chi connectivity index (χ0) is 15.1. The molecule has 0 aliphatic carbocycles. The Hall–Kier alpha value is -1.56. The van der Waals surface area contributed by atoms with Gasteiger partial charge in [-0.15, -0.1) is 0 Å². The molecule has 114 valence electrons. The predicted octanol–water partition coefficient (Wildman–Crippen LogP) is 1.09. The van der Waals surface area contributed by atoms with Crippen molar-refractivity contribution >= 4 is 11.6 Å². The lowest BCUT2D eigenvalue weighted by Crippen LogP contribution is -2.31. The number of amides is 1. The van der Waals surface area contributed by atoms with Crippen LogP contribution < -0.4 is 11.1 Å². The number of anilines is 1. The van der Waals surface area contributed by atoms with Gasteiger partial charge in [0.05, 0.1) is 11.4 Å². The molecule has 1 unspecified atom stereocenters. The Kier molecular flexibility index (Phi) is 6.51. The number of aryl methyl sites for hydroxylation is 2.